The molecule has 0 aliphatic heterocycles. The van der Waals surface area contributed by atoms with Crippen molar-refractivity contribution in [3.8, 4) is 0 Å². The lowest BCUT2D eigenvalue weighted by Crippen LogP contribution is -2.03. The van der Waals surface area contributed by atoms with Gasteiger partial charge in [-0.2, -0.15) is 11.8 Å². The molecule has 0 spiro atoms. The molecule has 0 saturated carbocycles. The average molecular weight is 304 g/mol. The fourth-order valence-electron chi connectivity index (χ4n) is 1.17. The van der Waals surface area contributed by atoms with Crippen LogP contribution in [0.5, 0.6) is 0 Å². The van der Waals surface area contributed by atoms with Crippen LogP contribution in [-0.2, 0) is 10.5 Å². The summed E-state index contributed by atoms with van der Waals surface area (Å²) in [6.07, 6.45) is 0. The summed E-state index contributed by atoms with van der Waals surface area (Å²) in [5.41, 5.74) is 7.13. The van der Waals surface area contributed by atoms with Crippen molar-refractivity contribution in [3.05, 3.63) is 33.8 Å². The Balaban J connectivity index is 2.71. The van der Waals surface area contributed by atoms with Gasteiger partial charge in [0.2, 0.25) is 0 Å². The van der Waals surface area contributed by atoms with Crippen molar-refractivity contribution in [2.24, 2.45) is 5.73 Å². The van der Waals surface area contributed by atoms with Crippen LogP contribution in [0.3, 0.4) is 0 Å². The van der Waals surface area contributed by atoms with Gasteiger partial charge in [0.15, 0.2) is 0 Å². The first-order valence-corrected chi connectivity index (χ1v) is 6.78. The van der Waals surface area contributed by atoms with Crippen molar-refractivity contribution < 1.29 is 9.53 Å². The third kappa shape index (κ3) is 3.81. The first-order chi connectivity index (χ1) is 7.69. The molecule has 0 saturated heterocycles. The number of thioether (sulfide) groups is 1. The molecule has 1 aromatic carbocycles. The molecule has 0 aliphatic rings. The Morgan fingerprint density at radius 2 is 2.31 bits per heavy atom. The third-order valence-electron chi connectivity index (χ3n) is 1.99. The van der Waals surface area contributed by atoms with Crippen LogP contribution in [0.1, 0.15) is 15.9 Å². The Bertz CT molecular complexity index is 371. The summed E-state index contributed by atoms with van der Waals surface area (Å²) < 4.78 is 5.58. The second kappa shape index (κ2) is 6.93. The number of hydrogen-bond donors (Lipinski definition) is 1. The molecule has 1 rings (SSSR count). The molecule has 1 aromatic rings. The third-order valence-corrected chi connectivity index (χ3v) is 3.77. The van der Waals surface area contributed by atoms with Crippen LogP contribution in [-0.4, -0.2) is 25.4 Å². The number of carbonyl (C=O) groups excluding carboxylic acids is 1. The van der Waals surface area contributed by atoms with Crippen LogP contribution in [0, 0.1) is 0 Å². The SMILES string of the molecule is COC(=O)c1ccc(CSCCN)c(Br)c1. The molecule has 0 amide bonds. The van der Waals surface area contributed by atoms with E-state index in [1.165, 1.54) is 7.11 Å². The van der Waals surface area contributed by atoms with Crippen LogP contribution < -0.4 is 5.73 Å². The van der Waals surface area contributed by atoms with Gasteiger partial charge in [-0.1, -0.05) is 22.0 Å². The van der Waals surface area contributed by atoms with E-state index in [9.17, 15) is 4.79 Å². The fourth-order valence-corrected chi connectivity index (χ4v) is 2.66. The summed E-state index contributed by atoms with van der Waals surface area (Å²) >= 11 is 5.21. The maximum Gasteiger partial charge on any atom is 0.337 e. The molecule has 2 N–H and O–H groups in total. The maximum absolute atomic E-state index is 11.3. The number of methoxy groups -OCH3 is 1. The molecular weight excluding hydrogens is 290 g/mol. The summed E-state index contributed by atoms with van der Waals surface area (Å²) in [7, 11) is 1.38. The molecule has 0 bridgehead atoms. The fraction of sp³-hybridized carbons (Fsp3) is 0.364. The van der Waals surface area contributed by atoms with Crippen molar-refractivity contribution in [2.45, 2.75) is 5.75 Å². The number of ether oxygens (including phenoxy) is 1. The molecule has 0 atom stereocenters. The first kappa shape index (κ1) is 13.5. The van der Waals surface area contributed by atoms with E-state index in [4.69, 9.17) is 5.73 Å². The first-order valence-electron chi connectivity index (χ1n) is 4.83. The predicted molar refractivity (Wildman–Crippen MR) is 70.7 cm³/mol. The summed E-state index contributed by atoms with van der Waals surface area (Å²) in [5, 5.41) is 0. The van der Waals surface area contributed by atoms with E-state index in [1.807, 2.05) is 6.07 Å². The standard InChI is InChI=1S/C11H14BrNO2S/c1-15-11(14)8-2-3-9(10(12)6-8)7-16-5-4-13/h2-3,6H,4-5,7,13H2,1H3. The molecule has 0 unspecified atom stereocenters. The monoisotopic (exact) mass is 303 g/mol. The van der Waals surface area contributed by atoms with Gasteiger partial charge < -0.3 is 10.5 Å². The van der Waals surface area contributed by atoms with E-state index >= 15 is 0 Å². The van der Waals surface area contributed by atoms with Crippen LogP contribution in [0.15, 0.2) is 22.7 Å². The lowest BCUT2D eigenvalue weighted by molar-refractivity contribution is 0.0600. The number of esters is 1. The Labute approximate surface area is 108 Å². The highest BCUT2D eigenvalue weighted by molar-refractivity contribution is 9.10. The van der Waals surface area contributed by atoms with Crippen molar-refractivity contribution in [1.82, 2.24) is 0 Å². The van der Waals surface area contributed by atoms with Crippen molar-refractivity contribution in [3.63, 3.8) is 0 Å². The van der Waals surface area contributed by atoms with Gasteiger partial charge in [0.05, 0.1) is 12.7 Å². The second-order valence-electron chi connectivity index (χ2n) is 3.14. The number of carbonyl (C=O) groups is 1. The van der Waals surface area contributed by atoms with Crippen LogP contribution >= 0.6 is 27.7 Å². The van der Waals surface area contributed by atoms with E-state index in [2.05, 4.69) is 20.7 Å². The smallest absolute Gasteiger partial charge is 0.337 e. The molecule has 88 valence electrons. The molecule has 0 aromatic heterocycles. The van der Waals surface area contributed by atoms with Crippen molar-refractivity contribution in [2.75, 3.05) is 19.4 Å². The quantitative estimate of drug-likeness (QED) is 0.670. The summed E-state index contributed by atoms with van der Waals surface area (Å²) in [4.78, 5) is 11.3. The highest BCUT2D eigenvalue weighted by Crippen LogP contribution is 2.23. The van der Waals surface area contributed by atoms with Crippen LogP contribution in [0.25, 0.3) is 0 Å². The van der Waals surface area contributed by atoms with E-state index in [0.717, 1.165) is 21.5 Å². The molecular formula is C11H14BrNO2S. The number of rotatable bonds is 5. The highest BCUT2D eigenvalue weighted by Gasteiger charge is 2.08. The van der Waals surface area contributed by atoms with Crippen molar-refractivity contribution in [1.29, 1.82) is 0 Å². The number of benzene rings is 1. The molecule has 0 fully saturated rings. The van der Waals surface area contributed by atoms with Gasteiger partial charge in [-0.15, -0.1) is 0 Å². The van der Waals surface area contributed by atoms with Gasteiger partial charge in [0.25, 0.3) is 0 Å². The van der Waals surface area contributed by atoms with Gasteiger partial charge >= 0.3 is 5.97 Å². The van der Waals surface area contributed by atoms with E-state index in [0.29, 0.717) is 12.1 Å². The Kier molecular flexibility index (Phi) is 5.87. The van der Waals surface area contributed by atoms with Gasteiger partial charge in [-0.25, -0.2) is 4.79 Å². The predicted octanol–water partition coefficient (Wildman–Crippen LogP) is 2.43. The average Bonchev–Trinajstić information content (AvgIpc) is 2.30. The normalized spacial score (nSPS) is 10.2. The number of halogens is 1. The van der Waals surface area contributed by atoms with E-state index in [-0.39, 0.29) is 5.97 Å². The van der Waals surface area contributed by atoms with Crippen LogP contribution in [0.4, 0.5) is 0 Å². The Morgan fingerprint density at radius 3 is 2.88 bits per heavy atom. The zero-order valence-corrected chi connectivity index (χ0v) is 11.4. The Hall–Kier alpha value is -0.520. The minimum Gasteiger partial charge on any atom is -0.465 e. The summed E-state index contributed by atoms with van der Waals surface area (Å²) in [6.45, 7) is 0.683. The number of hydrogen-bond acceptors (Lipinski definition) is 4. The molecule has 0 heterocycles. The molecule has 0 radical (unpaired) electrons. The lowest BCUT2D eigenvalue weighted by Gasteiger charge is -2.06. The largest absolute Gasteiger partial charge is 0.465 e. The lowest BCUT2D eigenvalue weighted by atomic mass is 10.1. The minimum atomic E-state index is -0.318. The maximum atomic E-state index is 11.3. The Morgan fingerprint density at radius 1 is 1.56 bits per heavy atom. The summed E-state index contributed by atoms with van der Waals surface area (Å²) in [5.74, 6) is 1.51. The molecule has 0 aliphatic carbocycles. The minimum absolute atomic E-state index is 0.318. The van der Waals surface area contributed by atoms with Gasteiger partial charge in [-0.3, -0.25) is 0 Å². The second-order valence-corrected chi connectivity index (χ2v) is 5.10. The highest BCUT2D eigenvalue weighted by atomic mass is 79.9. The van der Waals surface area contributed by atoms with E-state index < -0.39 is 0 Å². The molecule has 3 nitrogen and oxygen atoms in total. The van der Waals surface area contributed by atoms with E-state index in [1.54, 1.807) is 23.9 Å². The summed E-state index contributed by atoms with van der Waals surface area (Å²) in [6, 6.07) is 5.49. The molecule has 16 heavy (non-hydrogen) atoms. The van der Waals surface area contributed by atoms with Crippen LogP contribution in [0.2, 0.25) is 0 Å². The van der Waals surface area contributed by atoms with Gasteiger partial charge in [-0.05, 0) is 17.7 Å². The van der Waals surface area contributed by atoms with Crippen molar-refractivity contribution >= 4 is 33.7 Å². The van der Waals surface area contributed by atoms with Gasteiger partial charge in [0.1, 0.15) is 0 Å². The van der Waals surface area contributed by atoms with Gasteiger partial charge in [0, 0.05) is 22.5 Å². The number of nitrogens with two attached hydrogens (primary N) is 1. The zero-order chi connectivity index (χ0) is 12.0. The topological polar surface area (TPSA) is 52.3 Å². The molecule has 5 heteroatoms. The zero-order valence-electron chi connectivity index (χ0n) is 9.03.